The third kappa shape index (κ3) is 3.11. The van der Waals surface area contributed by atoms with Crippen molar-refractivity contribution in [3.05, 3.63) is 59.7 Å². The van der Waals surface area contributed by atoms with Crippen molar-refractivity contribution in [1.29, 1.82) is 0 Å². The third-order valence-electron chi connectivity index (χ3n) is 7.34. The molecule has 3 aliphatic rings. The maximum Gasteiger partial charge on any atom is 0.240 e. The highest BCUT2D eigenvalue weighted by Crippen LogP contribution is 2.51. The minimum Gasteiger partial charge on any atom is -0.497 e. The van der Waals surface area contributed by atoms with Gasteiger partial charge in [-0.05, 0) is 55.8 Å². The van der Waals surface area contributed by atoms with Gasteiger partial charge < -0.3 is 9.64 Å². The Kier molecular flexibility index (Phi) is 4.97. The lowest BCUT2D eigenvalue weighted by Gasteiger charge is -2.39. The van der Waals surface area contributed by atoms with Gasteiger partial charge in [-0.2, -0.15) is 0 Å². The van der Waals surface area contributed by atoms with Crippen molar-refractivity contribution in [3.8, 4) is 5.75 Å². The number of amides is 2. The molecule has 0 saturated carbocycles. The van der Waals surface area contributed by atoms with Gasteiger partial charge in [0, 0.05) is 16.7 Å². The monoisotopic (exact) mass is 458 g/mol. The number of hydrogen-bond donors (Lipinski definition) is 0. The maximum absolute atomic E-state index is 13.9. The summed E-state index contributed by atoms with van der Waals surface area (Å²) in [6.07, 6.45) is 2.07. The van der Waals surface area contributed by atoms with Crippen molar-refractivity contribution >= 4 is 34.5 Å². The first-order valence-corrected chi connectivity index (χ1v) is 11.7. The van der Waals surface area contributed by atoms with E-state index in [1.807, 2.05) is 51.7 Å². The number of imide groups is 1. The van der Waals surface area contributed by atoms with Crippen LogP contribution in [0.1, 0.15) is 38.8 Å². The van der Waals surface area contributed by atoms with Crippen LogP contribution >= 0.6 is 0 Å². The lowest BCUT2D eigenvalue weighted by Crippen LogP contribution is -2.51. The highest BCUT2D eigenvalue weighted by atomic mass is 16.5. The molecule has 0 unspecified atom stereocenters. The number of rotatable bonds is 3. The normalized spacial score (nSPS) is 25.6. The summed E-state index contributed by atoms with van der Waals surface area (Å²) in [5, 5.41) is 0. The highest BCUT2D eigenvalue weighted by molar-refractivity contribution is 6.25. The molecule has 34 heavy (non-hydrogen) atoms. The number of hydrogen-bond acceptors (Lipinski definition) is 5. The van der Waals surface area contributed by atoms with Gasteiger partial charge in [0.1, 0.15) is 11.8 Å². The van der Waals surface area contributed by atoms with E-state index in [0.29, 0.717) is 11.4 Å². The Morgan fingerprint density at radius 2 is 1.59 bits per heavy atom. The second kappa shape index (κ2) is 7.55. The highest BCUT2D eigenvalue weighted by Gasteiger charge is 2.65. The Morgan fingerprint density at radius 1 is 0.941 bits per heavy atom. The Morgan fingerprint density at radius 3 is 2.21 bits per heavy atom. The molecule has 4 atom stereocenters. The topological polar surface area (TPSA) is 66.9 Å². The number of ketones is 1. The quantitative estimate of drug-likeness (QED) is 0.638. The van der Waals surface area contributed by atoms with E-state index >= 15 is 0 Å². The van der Waals surface area contributed by atoms with Gasteiger partial charge in [-0.15, -0.1) is 0 Å². The number of Topliss-reactive ketones (excluding diaryl/α,β-unsaturated/α-hetero) is 1. The van der Waals surface area contributed by atoms with Crippen molar-refractivity contribution in [2.75, 3.05) is 16.9 Å². The van der Waals surface area contributed by atoms with Crippen LogP contribution in [-0.2, 0) is 14.4 Å². The first-order valence-electron chi connectivity index (χ1n) is 11.7. The predicted molar refractivity (Wildman–Crippen MR) is 132 cm³/mol. The zero-order chi connectivity index (χ0) is 24.5. The molecule has 5 rings (SSSR count). The van der Waals surface area contributed by atoms with Gasteiger partial charge in [-0.3, -0.25) is 14.4 Å². The molecule has 3 aliphatic heterocycles. The van der Waals surface area contributed by atoms with Crippen LogP contribution in [-0.4, -0.2) is 36.8 Å². The zero-order valence-corrected chi connectivity index (χ0v) is 20.5. The SMILES string of the molecule is COc1ccc(N2C(=O)[C@@H]3[C@H](C2=O)[C@H](C(=O)C(C)(C)C)N2c4ccc(C)cc4C(C)=C[C@@H]32)cc1. The Labute approximate surface area is 200 Å². The zero-order valence-electron chi connectivity index (χ0n) is 20.5. The van der Waals surface area contributed by atoms with Crippen molar-refractivity contribution in [3.63, 3.8) is 0 Å². The maximum atomic E-state index is 13.9. The van der Waals surface area contributed by atoms with E-state index < -0.39 is 23.3 Å². The second-order valence-electron chi connectivity index (χ2n) is 10.6. The summed E-state index contributed by atoms with van der Waals surface area (Å²) in [7, 11) is 1.57. The summed E-state index contributed by atoms with van der Waals surface area (Å²) in [6.45, 7) is 9.70. The van der Waals surface area contributed by atoms with Crippen molar-refractivity contribution < 1.29 is 19.1 Å². The lowest BCUT2D eigenvalue weighted by atomic mass is 9.79. The van der Waals surface area contributed by atoms with Crippen LogP contribution in [0.2, 0.25) is 0 Å². The fraction of sp³-hybridized carbons (Fsp3) is 0.393. The molecule has 2 saturated heterocycles. The molecule has 2 aromatic rings. The summed E-state index contributed by atoms with van der Waals surface area (Å²) in [5.74, 6) is -1.29. The molecule has 0 radical (unpaired) electrons. The molecule has 0 bridgehead atoms. The number of allylic oxidation sites excluding steroid dienone is 1. The van der Waals surface area contributed by atoms with Gasteiger partial charge in [0.05, 0.1) is 30.7 Å². The lowest BCUT2D eigenvalue weighted by molar-refractivity contribution is -0.132. The molecule has 6 heteroatoms. The number of methoxy groups -OCH3 is 1. The van der Waals surface area contributed by atoms with Gasteiger partial charge in [0.2, 0.25) is 11.8 Å². The van der Waals surface area contributed by atoms with Crippen LogP contribution in [0.25, 0.3) is 5.57 Å². The number of benzene rings is 2. The minimum atomic E-state index is -0.734. The third-order valence-corrected chi connectivity index (χ3v) is 7.34. The van der Waals surface area contributed by atoms with Gasteiger partial charge in [-0.25, -0.2) is 4.90 Å². The van der Waals surface area contributed by atoms with E-state index in [9.17, 15) is 14.4 Å². The van der Waals surface area contributed by atoms with E-state index in [2.05, 4.69) is 12.1 Å². The van der Waals surface area contributed by atoms with Crippen LogP contribution < -0.4 is 14.5 Å². The number of anilines is 2. The average Bonchev–Trinajstić information content (AvgIpc) is 3.25. The van der Waals surface area contributed by atoms with Gasteiger partial charge in [0.15, 0.2) is 5.78 Å². The molecule has 0 aliphatic carbocycles. The molecule has 0 aromatic heterocycles. The van der Waals surface area contributed by atoms with Gasteiger partial charge in [0.25, 0.3) is 0 Å². The van der Waals surface area contributed by atoms with Crippen LogP contribution in [0.5, 0.6) is 5.75 Å². The molecule has 2 aromatic carbocycles. The fourth-order valence-corrected chi connectivity index (χ4v) is 5.69. The molecule has 0 N–H and O–H groups in total. The van der Waals surface area contributed by atoms with E-state index in [1.54, 1.807) is 31.4 Å². The number of ether oxygens (including phenoxy) is 1. The first kappa shape index (κ1) is 22.4. The standard InChI is InChI=1S/C28H30N2O4/c1-15-7-12-20-19(13-15)16(2)14-21-22-23(24(30(20)21)25(31)28(3,4)5)27(33)29(26(22)32)17-8-10-18(34-6)11-9-17/h7-14,21-24H,1-6H3/t21-,22-,23-,24+/m0/s1. The average molecular weight is 459 g/mol. The molecule has 176 valence electrons. The van der Waals surface area contributed by atoms with E-state index in [4.69, 9.17) is 4.74 Å². The van der Waals surface area contributed by atoms with Crippen LogP contribution in [0.15, 0.2) is 48.5 Å². The number of nitrogens with zero attached hydrogens (tertiary/aromatic N) is 2. The molecule has 0 spiro atoms. The largest absolute Gasteiger partial charge is 0.497 e. The van der Waals surface area contributed by atoms with Gasteiger partial charge in [-0.1, -0.05) is 38.5 Å². The summed E-state index contributed by atoms with van der Waals surface area (Å²) in [5.41, 5.74) is 4.00. The van der Waals surface area contributed by atoms with Crippen molar-refractivity contribution in [1.82, 2.24) is 0 Å². The summed E-state index contributed by atoms with van der Waals surface area (Å²) in [4.78, 5) is 44.8. The summed E-state index contributed by atoms with van der Waals surface area (Å²) >= 11 is 0. The number of fused-ring (bicyclic) bond motifs is 5. The second-order valence-corrected chi connectivity index (χ2v) is 10.6. The van der Waals surface area contributed by atoms with E-state index in [0.717, 1.165) is 22.4 Å². The number of carbonyl (C=O) groups excluding carboxylic acids is 3. The van der Waals surface area contributed by atoms with Crippen molar-refractivity contribution in [2.45, 2.75) is 46.7 Å². The predicted octanol–water partition coefficient (Wildman–Crippen LogP) is 4.40. The first-order chi connectivity index (χ1) is 16.0. The summed E-state index contributed by atoms with van der Waals surface area (Å²) < 4.78 is 5.22. The smallest absolute Gasteiger partial charge is 0.240 e. The molecular weight excluding hydrogens is 428 g/mol. The fourth-order valence-electron chi connectivity index (χ4n) is 5.69. The Bertz CT molecular complexity index is 1240. The molecular formula is C28H30N2O4. The van der Waals surface area contributed by atoms with Gasteiger partial charge >= 0.3 is 0 Å². The van der Waals surface area contributed by atoms with Crippen LogP contribution in [0.3, 0.4) is 0 Å². The Hall–Kier alpha value is -3.41. The molecule has 6 nitrogen and oxygen atoms in total. The molecule has 2 amide bonds. The van der Waals surface area contributed by atoms with Crippen LogP contribution in [0, 0.1) is 24.2 Å². The van der Waals surface area contributed by atoms with E-state index in [-0.39, 0.29) is 23.6 Å². The molecule has 3 heterocycles. The van der Waals surface area contributed by atoms with Crippen LogP contribution in [0.4, 0.5) is 11.4 Å². The minimum absolute atomic E-state index is 0.0257. The number of aryl methyl sites for hydroxylation is 1. The summed E-state index contributed by atoms with van der Waals surface area (Å²) in [6, 6.07) is 12.0. The van der Waals surface area contributed by atoms with Crippen molar-refractivity contribution in [2.24, 2.45) is 17.3 Å². The Balaban J connectivity index is 1.66. The molecule has 2 fully saturated rings. The van der Waals surface area contributed by atoms with E-state index in [1.165, 1.54) is 4.90 Å². The number of carbonyl (C=O) groups is 3.